The first kappa shape index (κ1) is 19.0. The molecule has 0 atom stereocenters. The van der Waals surface area contributed by atoms with Crippen molar-refractivity contribution in [1.82, 2.24) is 9.88 Å². The normalized spacial score (nSPS) is 11.2. The Balaban J connectivity index is 1.67. The Bertz CT molecular complexity index is 1130. The Hall–Kier alpha value is -3.31. The van der Waals surface area contributed by atoms with E-state index in [0.29, 0.717) is 25.3 Å². The van der Waals surface area contributed by atoms with Gasteiger partial charge >= 0.3 is 5.97 Å². The summed E-state index contributed by atoms with van der Waals surface area (Å²) in [7, 11) is 0. The molecule has 0 amide bonds. The van der Waals surface area contributed by atoms with Gasteiger partial charge in [-0.05, 0) is 36.2 Å². The maximum absolute atomic E-state index is 12.2. The average molecular weight is 388 g/mol. The second kappa shape index (κ2) is 8.37. The molecule has 5 nitrogen and oxygen atoms in total. The van der Waals surface area contributed by atoms with Crippen molar-refractivity contribution < 1.29 is 14.3 Å². The molecule has 0 aliphatic heterocycles. The number of carboxylic acids is 1. The fourth-order valence-electron chi connectivity index (χ4n) is 3.80. The number of aromatic carboxylic acids is 1. The Morgan fingerprint density at radius 3 is 2.62 bits per heavy atom. The molecule has 0 radical (unpaired) electrons. The molecule has 0 unspecified atom stereocenters. The number of fused-ring (bicyclic) bond motifs is 1. The summed E-state index contributed by atoms with van der Waals surface area (Å²) in [5.41, 5.74) is 4.38. The van der Waals surface area contributed by atoms with Crippen LogP contribution in [0.3, 0.4) is 0 Å². The Morgan fingerprint density at radius 2 is 1.86 bits per heavy atom. The number of aryl methyl sites for hydroxylation is 1. The van der Waals surface area contributed by atoms with Crippen LogP contribution in [-0.2, 0) is 19.5 Å². The molecule has 0 saturated carbocycles. The lowest BCUT2D eigenvalue weighted by Gasteiger charge is -2.12. The summed E-state index contributed by atoms with van der Waals surface area (Å²) in [6, 6.07) is 19.8. The molecular formula is C24H24N2O3. The van der Waals surface area contributed by atoms with Crippen LogP contribution < -0.4 is 5.32 Å². The lowest BCUT2D eigenvalue weighted by Crippen LogP contribution is -2.19. The minimum Gasteiger partial charge on any atom is -0.477 e. The number of furan rings is 1. The molecule has 0 aliphatic carbocycles. The summed E-state index contributed by atoms with van der Waals surface area (Å²) in [6.07, 6.45) is 2.42. The van der Waals surface area contributed by atoms with Crippen molar-refractivity contribution in [2.45, 2.75) is 26.4 Å². The van der Waals surface area contributed by atoms with Crippen LogP contribution in [0.1, 0.15) is 32.9 Å². The molecule has 5 heteroatoms. The maximum Gasteiger partial charge on any atom is 0.352 e. The van der Waals surface area contributed by atoms with Crippen molar-refractivity contribution in [2.75, 3.05) is 6.54 Å². The number of para-hydroxylation sites is 1. The first-order chi connectivity index (χ1) is 14.1. The van der Waals surface area contributed by atoms with E-state index in [4.69, 9.17) is 4.42 Å². The van der Waals surface area contributed by atoms with Crippen molar-refractivity contribution in [2.24, 2.45) is 0 Å². The van der Waals surface area contributed by atoms with E-state index < -0.39 is 5.97 Å². The highest BCUT2D eigenvalue weighted by molar-refractivity contribution is 5.98. The zero-order valence-electron chi connectivity index (χ0n) is 16.4. The van der Waals surface area contributed by atoms with Gasteiger partial charge in [0.05, 0.1) is 6.26 Å². The van der Waals surface area contributed by atoms with Gasteiger partial charge in [0.1, 0.15) is 11.5 Å². The van der Waals surface area contributed by atoms with Crippen LogP contribution in [-0.4, -0.2) is 22.2 Å². The van der Waals surface area contributed by atoms with Crippen molar-refractivity contribution in [3.8, 4) is 0 Å². The number of carboxylic acid groups (broad SMARTS) is 1. The number of aromatic nitrogens is 1. The maximum atomic E-state index is 12.2. The van der Waals surface area contributed by atoms with E-state index in [9.17, 15) is 9.90 Å². The number of hydrogen-bond donors (Lipinski definition) is 2. The van der Waals surface area contributed by atoms with E-state index in [1.165, 1.54) is 0 Å². The molecule has 0 spiro atoms. The fraction of sp³-hybridized carbons (Fsp3) is 0.208. The monoisotopic (exact) mass is 388 g/mol. The molecule has 2 heterocycles. The quantitative estimate of drug-likeness (QED) is 0.432. The smallest absolute Gasteiger partial charge is 0.352 e. The van der Waals surface area contributed by atoms with Gasteiger partial charge < -0.3 is 19.4 Å². The van der Waals surface area contributed by atoms with E-state index in [1.54, 1.807) is 6.26 Å². The van der Waals surface area contributed by atoms with Crippen LogP contribution >= 0.6 is 0 Å². The summed E-state index contributed by atoms with van der Waals surface area (Å²) in [4.78, 5) is 12.2. The Morgan fingerprint density at radius 1 is 1.07 bits per heavy atom. The van der Waals surface area contributed by atoms with E-state index in [0.717, 1.165) is 39.8 Å². The van der Waals surface area contributed by atoms with E-state index in [-0.39, 0.29) is 0 Å². The summed E-state index contributed by atoms with van der Waals surface area (Å²) >= 11 is 0. The summed E-state index contributed by atoms with van der Waals surface area (Å²) in [6.45, 7) is 3.79. The number of rotatable bonds is 8. The highest BCUT2D eigenvalue weighted by Gasteiger charge is 2.22. The topological polar surface area (TPSA) is 67.4 Å². The van der Waals surface area contributed by atoms with Crippen molar-refractivity contribution in [3.63, 3.8) is 0 Å². The van der Waals surface area contributed by atoms with Gasteiger partial charge in [0.2, 0.25) is 0 Å². The third kappa shape index (κ3) is 3.96. The summed E-state index contributed by atoms with van der Waals surface area (Å²) < 4.78 is 7.28. The molecule has 4 rings (SSSR count). The third-order valence-corrected chi connectivity index (χ3v) is 5.30. The molecule has 2 aromatic heterocycles. The molecule has 2 N–H and O–H groups in total. The predicted octanol–water partition coefficient (Wildman–Crippen LogP) is 4.62. The SMILES string of the molecule is Cc1ccccc1Cn1c(C(=O)O)c(CNCCc2ccco2)c2ccccc21. The van der Waals surface area contributed by atoms with Crippen LogP contribution in [0.2, 0.25) is 0 Å². The Kier molecular flexibility index (Phi) is 5.49. The molecule has 0 aliphatic rings. The van der Waals surface area contributed by atoms with Gasteiger partial charge in [0.15, 0.2) is 0 Å². The van der Waals surface area contributed by atoms with E-state index >= 15 is 0 Å². The molecule has 0 saturated heterocycles. The third-order valence-electron chi connectivity index (χ3n) is 5.30. The Labute approximate surface area is 169 Å². The van der Waals surface area contributed by atoms with Crippen LogP contribution in [0.4, 0.5) is 0 Å². The van der Waals surface area contributed by atoms with Gasteiger partial charge in [-0.1, -0.05) is 42.5 Å². The molecule has 0 fully saturated rings. The van der Waals surface area contributed by atoms with Gasteiger partial charge in [-0.25, -0.2) is 4.79 Å². The van der Waals surface area contributed by atoms with Crippen LogP contribution in [0.5, 0.6) is 0 Å². The first-order valence-electron chi connectivity index (χ1n) is 9.76. The minimum absolute atomic E-state index is 0.347. The standard InChI is InChI=1S/C24H24N2O3/c1-17-7-2-3-8-18(17)16-26-22-11-5-4-10-20(22)21(23(26)24(27)28)15-25-13-12-19-9-6-14-29-19/h2-11,14,25H,12-13,15-16H2,1H3,(H,27,28). The van der Waals surface area contributed by atoms with Crippen molar-refractivity contribution in [3.05, 3.63) is 95.1 Å². The molecule has 4 aromatic rings. The second-order valence-corrected chi connectivity index (χ2v) is 7.17. The molecule has 2 aromatic carbocycles. The van der Waals surface area contributed by atoms with E-state index in [2.05, 4.69) is 24.4 Å². The van der Waals surface area contributed by atoms with E-state index in [1.807, 2.05) is 53.1 Å². The largest absolute Gasteiger partial charge is 0.477 e. The zero-order chi connectivity index (χ0) is 20.2. The summed E-state index contributed by atoms with van der Waals surface area (Å²) in [5.74, 6) is 0.00978. The second-order valence-electron chi connectivity index (χ2n) is 7.17. The lowest BCUT2D eigenvalue weighted by molar-refractivity contribution is 0.0684. The number of nitrogens with one attached hydrogen (secondary N) is 1. The van der Waals surface area contributed by atoms with Gasteiger partial charge in [0, 0.05) is 42.5 Å². The molecule has 0 bridgehead atoms. The number of nitrogens with zero attached hydrogens (tertiary/aromatic N) is 1. The highest BCUT2D eigenvalue weighted by atomic mass is 16.4. The predicted molar refractivity (Wildman–Crippen MR) is 113 cm³/mol. The molecular weight excluding hydrogens is 364 g/mol. The number of carbonyl (C=O) groups is 1. The van der Waals surface area contributed by atoms with Crippen LogP contribution in [0, 0.1) is 6.92 Å². The minimum atomic E-state index is -0.905. The molecule has 148 valence electrons. The lowest BCUT2D eigenvalue weighted by atomic mass is 10.1. The van der Waals surface area contributed by atoms with Gasteiger partial charge in [-0.3, -0.25) is 0 Å². The molecule has 29 heavy (non-hydrogen) atoms. The number of hydrogen-bond acceptors (Lipinski definition) is 3. The van der Waals surface area contributed by atoms with Crippen molar-refractivity contribution >= 4 is 16.9 Å². The van der Waals surface area contributed by atoms with Crippen LogP contribution in [0.15, 0.2) is 71.3 Å². The van der Waals surface area contributed by atoms with Gasteiger partial charge in [-0.15, -0.1) is 0 Å². The summed E-state index contributed by atoms with van der Waals surface area (Å²) in [5, 5.41) is 14.4. The zero-order valence-corrected chi connectivity index (χ0v) is 16.4. The number of benzene rings is 2. The van der Waals surface area contributed by atoms with Crippen LogP contribution in [0.25, 0.3) is 10.9 Å². The fourth-order valence-corrected chi connectivity index (χ4v) is 3.80. The van der Waals surface area contributed by atoms with Gasteiger partial charge in [0.25, 0.3) is 0 Å². The first-order valence-corrected chi connectivity index (χ1v) is 9.76. The van der Waals surface area contributed by atoms with Crippen molar-refractivity contribution in [1.29, 1.82) is 0 Å². The average Bonchev–Trinajstić information content (AvgIpc) is 3.34. The van der Waals surface area contributed by atoms with Gasteiger partial charge in [-0.2, -0.15) is 0 Å². The highest BCUT2D eigenvalue weighted by Crippen LogP contribution is 2.28.